The minimum atomic E-state index is -0.0320. The Balaban J connectivity index is 1.75. The van der Waals surface area contributed by atoms with Gasteiger partial charge in [-0.1, -0.05) is 29.6 Å². The van der Waals surface area contributed by atoms with E-state index in [1.54, 1.807) is 6.07 Å². The van der Waals surface area contributed by atoms with Crippen molar-refractivity contribution < 1.29 is 4.79 Å². The minimum absolute atomic E-state index is 0.0320. The molecule has 4 nitrogen and oxygen atoms in total. The molecule has 6 heteroatoms. The zero-order chi connectivity index (χ0) is 13.6. The lowest BCUT2D eigenvalue weighted by atomic mass is 9.78. The fourth-order valence-electron chi connectivity index (χ4n) is 3.37. The Morgan fingerprint density at radius 2 is 2.16 bits per heavy atom. The number of rotatable bonds is 1. The van der Waals surface area contributed by atoms with Crippen LogP contribution in [0.3, 0.4) is 0 Å². The van der Waals surface area contributed by atoms with Crippen molar-refractivity contribution in [3.05, 3.63) is 21.9 Å². The number of fused-ring (bicyclic) bond motifs is 1. The third-order valence-corrected chi connectivity index (χ3v) is 5.09. The zero-order valence-corrected chi connectivity index (χ0v) is 12.0. The van der Waals surface area contributed by atoms with E-state index in [0.29, 0.717) is 27.7 Å². The summed E-state index contributed by atoms with van der Waals surface area (Å²) in [5.41, 5.74) is 6.62. The van der Waals surface area contributed by atoms with E-state index in [2.05, 4.69) is 4.98 Å². The maximum atomic E-state index is 12.4. The number of aromatic amines is 1. The molecule has 1 saturated carbocycles. The second-order valence-electron chi connectivity index (χ2n) is 5.57. The van der Waals surface area contributed by atoms with Gasteiger partial charge in [0.1, 0.15) is 10.8 Å². The average Bonchev–Trinajstić information content (AvgIpc) is 2.94. The second kappa shape index (κ2) is 5.00. The van der Waals surface area contributed by atoms with Gasteiger partial charge in [-0.3, -0.25) is 4.79 Å². The number of halogens is 2. The lowest BCUT2D eigenvalue weighted by molar-refractivity contribution is 0.0778. The highest BCUT2D eigenvalue weighted by Gasteiger charge is 2.40. The van der Waals surface area contributed by atoms with Gasteiger partial charge in [-0.15, -0.1) is 0 Å². The summed E-state index contributed by atoms with van der Waals surface area (Å²) in [6.45, 7) is 1.55. The highest BCUT2D eigenvalue weighted by Crippen LogP contribution is 2.36. The predicted molar refractivity (Wildman–Crippen MR) is 75.5 cm³/mol. The first kappa shape index (κ1) is 13.3. The van der Waals surface area contributed by atoms with E-state index >= 15 is 0 Å². The summed E-state index contributed by atoms with van der Waals surface area (Å²) in [4.78, 5) is 17.1. The lowest BCUT2D eigenvalue weighted by Gasteiger charge is -2.29. The van der Waals surface area contributed by atoms with Crippen LogP contribution in [0, 0.1) is 11.8 Å². The van der Waals surface area contributed by atoms with Crippen LogP contribution in [-0.4, -0.2) is 34.9 Å². The number of nitrogens with two attached hydrogens (primary N) is 1. The van der Waals surface area contributed by atoms with Gasteiger partial charge in [0.15, 0.2) is 0 Å². The normalized spacial score (nSPS) is 30.5. The number of carbonyl (C=O) groups excluding carboxylic acids is 1. The number of hydrogen-bond donors (Lipinski definition) is 2. The molecule has 1 amide bonds. The number of nitrogens with one attached hydrogen (secondary N) is 1. The van der Waals surface area contributed by atoms with Gasteiger partial charge in [0.25, 0.3) is 5.91 Å². The molecule has 3 rings (SSSR count). The highest BCUT2D eigenvalue weighted by atomic mass is 35.5. The van der Waals surface area contributed by atoms with Crippen LogP contribution in [0.2, 0.25) is 10.2 Å². The average molecular weight is 302 g/mol. The van der Waals surface area contributed by atoms with Gasteiger partial charge in [-0.05, 0) is 30.7 Å². The van der Waals surface area contributed by atoms with Crippen LogP contribution < -0.4 is 5.73 Å². The summed E-state index contributed by atoms with van der Waals surface area (Å²) < 4.78 is 0. The number of carbonyl (C=O) groups is 1. The summed E-state index contributed by atoms with van der Waals surface area (Å²) in [5.74, 6) is 0.961. The molecule has 3 atom stereocenters. The fourth-order valence-corrected chi connectivity index (χ4v) is 3.68. The number of likely N-dealkylation sites (tertiary alicyclic amines) is 1. The molecule has 0 radical (unpaired) electrons. The Bertz CT molecular complexity index is 483. The molecule has 0 bridgehead atoms. The summed E-state index contributed by atoms with van der Waals surface area (Å²) in [7, 11) is 0. The van der Waals surface area contributed by atoms with Crippen molar-refractivity contribution in [2.24, 2.45) is 17.6 Å². The monoisotopic (exact) mass is 301 g/mol. The summed E-state index contributed by atoms with van der Waals surface area (Å²) in [6, 6.07) is 1.82. The zero-order valence-electron chi connectivity index (χ0n) is 10.5. The largest absolute Gasteiger partial charge is 0.340 e. The van der Waals surface area contributed by atoms with Crippen molar-refractivity contribution in [3.8, 4) is 0 Å². The highest BCUT2D eigenvalue weighted by molar-refractivity contribution is 6.41. The molecule has 1 aliphatic heterocycles. The number of aromatic nitrogens is 1. The molecule has 104 valence electrons. The van der Waals surface area contributed by atoms with Gasteiger partial charge in [0.05, 0.1) is 5.02 Å². The number of hydrogen-bond acceptors (Lipinski definition) is 2. The minimum Gasteiger partial charge on any atom is -0.340 e. The molecule has 1 aromatic rings. The van der Waals surface area contributed by atoms with Gasteiger partial charge in [0.2, 0.25) is 0 Å². The van der Waals surface area contributed by atoms with Crippen LogP contribution in [-0.2, 0) is 0 Å². The molecule has 3 N–H and O–H groups in total. The third kappa shape index (κ3) is 2.37. The van der Waals surface area contributed by atoms with Crippen LogP contribution in [0.25, 0.3) is 0 Å². The van der Waals surface area contributed by atoms with Crippen molar-refractivity contribution in [1.82, 2.24) is 9.88 Å². The summed E-state index contributed by atoms with van der Waals surface area (Å²) >= 11 is 11.7. The molecule has 1 aromatic heterocycles. The number of H-pyrrole nitrogens is 1. The predicted octanol–water partition coefficient (Wildman–Crippen LogP) is 2.52. The maximum Gasteiger partial charge on any atom is 0.270 e. The SMILES string of the molecule is NC1CCCC2CN(C(=O)c3cc(Cl)c(Cl)[nH]3)CC12. The first-order valence-corrected chi connectivity index (χ1v) is 7.40. The molecule has 0 spiro atoms. The number of amides is 1. The van der Waals surface area contributed by atoms with Gasteiger partial charge in [0, 0.05) is 19.1 Å². The lowest BCUT2D eigenvalue weighted by Crippen LogP contribution is -2.38. The van der Waals surface area contributed by atoms with Crippen molar-refractivity contribution >= 4 is 29.1 Å². The molecule has 3 unspecified atom stereocenters. The molecule has 2 aliphatic rings. The van der Waals surface area contributed by atoms with Crippen LogP contribution in [0.5, 0.6) is 0 Å². The molecule has 2 heterocycles. The fraction of sp³-hybridized carbons (Fsp3) is 0.615. The maximum absolute atomic E-state index is 12.4. The van der Waals surface area contributed by atoms with Crippen molar-refractivity contribution in [2.45, 2.75) is 25.3 Å². The molecule has 1 saturated heterocycles. The van der Waals surface area contributed by atoms with E-state index in [1.807, 2.05) is 4.90 Å². The number of nitrogens with zero attached hydrogens (tertiary/aromatic N) is 1. The first-order valence-electron chi connectivity index (χ1n) is 6.65. The van der Waals surface area contributed by atoms with E-state index in [1.165, 1.54) is 12.8 Å². The Morgan fingerprint density at radius 1 is 1.37 bits per heavy atom. The standard InChI is InChI=1S/C13H17Cl2N3O/c14-9-4-11(17-12(9)15)13(19)18-5-7-2-1-3-10(16)8(7)6-18/h4,7-8,10,17H,1-3,5-6,16H2. The molecule has 19 heavy (non-hydrogen) atoms. The molecular weight excluding hydrogens is 285 g/mol. The van der Waals surface area contributed by atoms with Crippen LogP contribution in [0.15, 0.2) is 6.07 Å². The van der Waals surface area contributed by atoms with Gasteiger partial charge >= 0.3 is 0 Å². The van der Waals surface area contributed by atoms with Crippen LogP contribution >= 0.6 is 23.2 Å². The Hall–Kier alpha value is -0.710. The smallest absolute Gasteiger partial charge is 0.270 e. The topological polar surface area (TPSA) is 62.1 Å². The van der Waals surface area contributed by atoms with Crippen molar-refractivity contribution in [2.75, 3.05) is 13.1 Å². The first-order chi connectivity index (χ1) is 9.06. The van der Waals surface area contributed by atoms with Crippen molar-refractivity contribution in [3.63, 3.8) is 0 Å². The molecule has 2 fully saturated rings. The van der Waals surface area contributed by atoms with Crippen LogP contribution in [0.1, 0.15) is 29.8 Å². The van der Waals surface area contributed by atoms with E-state index in [-0.39, 0.29) is 11.9 Å². The van der Waals surface area contributed by atoms with E-state index in [9.17, 15) is 4.79 Å². The van der Waals surface area contributed by atoms with E-state index < -0.39 is 0 Å². The van der Waals surface area contributed by atoms with Gasteiger partial charge in [-0.25, -0.2) is 0 Å². The molecular formula is C13H17Cl2N3O. The summed E-state index contributed by atoms with van der Waals surface area (Å²) in [6.07, 6.45) is 3.42. The molecule has 1 aliphatic carbocycles. The van der Waals surface area contributed by atoms with E-state index in [4.69, 9.17) is 28.9 Å². The van der Waals surface area contributed by atoms with Gasteiger partial charge < -0.3 is 15.6 Å². The summed E-state index contributed by atoms with van der Waals surface area (Å²) in [5, 5.41) is 0.705. The molecule has 0 aromatic carbocycles. The second-order valence-corrected chi connectivity index (χ2v) is 6.36. The third-order valence-electron chi connectivity index (χ3n) is 4.40. The Morgan fingerprint density at radius 3 is 2.79 bits per heavy atom. The van der Waals surface area contributed by atoms with E-state index in [0.717, 1.165) is 19.5 Å². The Labute approximate surface area is 122 Å². The quantitative estimate of drug-likeness (QED) is 0.837. The van der Waals surface area contributed by atoms with Crippen molar-refractivity contribution in [1.29, 1.82) is 0 Å². The Kier molecular flexibility index (Phi) is 3.50. The van der Waals surface area contributed by atoms with Crippen LogP contribution in [0.4, 0.5) is 0 Å². The van der Waals surface area contributed by atoms with Gasteiger partial charge in [-0.2, -0.15) is 0 Å².